The van der Waals surface area contributed by atoms with Crippen molar-refractivity contribution in [2.75, 3.05) is 13.2 Å². The van der Waals surface area contributed by atoms with E-state index in [1.807, 2.05) is 19.2 Å². The quantitative estimate of drug-likeness (QED) is 0.685. The molecule has 0 bridgehead atoms. The highest BCUT2D eigenvalue weighted by molar-refractivity contribution is 5.85. The molecule has 7 nitrogen and oxygen atoms in total. The summed E-state index contributed by atoms with van der Waals surface area (Å²) in [5.74, 6) is 2.21. The number of nitrogens with one attached hydrogen (secondary N) is 2. The standard InChI is InChI=1S/C21H26N6O.ClH/c1-14-17(12-23-25-14)20-24-21(27(26-20)13-15-5-3-2-4-6-15)16-7-8-19-18(11-16)22-9-10-28-19;/h2-6,12,16,18-19,22H,7-11,13H2,1H3,(H,23,25);1H/t16-,18+,19+;/m0./s1. The molecule has 1 aliphatic carbocycles. The molecule has 1 aliphatic heterocycles. The Hall–Kier alpha value is -2.22. The molecule has 0 unspecified atom stereocenters. The van der Waals surface area contributed by atoms with Gasteiger partial charge >= 0.3 is 0 Å². The fourth-order valence-corrected chi connectivity index (χ4v) is 4.47. The van der Waals surface area contributed by atoms with Gasteiger partial charge in [-0.2, -0.15) is 10.2 Å². The third-order valence-electron chi connectivity index (χ3n) is 5.94. The molecule has 0 spiro atoms. The largest absolute Gasteiger partial charge is 0.375 e. The minimum Gasteiger partial charge on any atom is -0.375 e. The van der Waals surface area contributed by atoms with Crippen LogP contribution in [0.3, 0.4) is 0 Å². The zero-order valence-electron chi connectivity index (χ0n) is 16.5. The fourth-order valence-electron chi connectivity index (χ4n) is 4.47. The fraction of sp³-hybridized carbons (Fsp3) is 0.476. The van der Waals surface area contributed by atoms with Crippen molar-refractivity contribution in [2.45, 2.75) is 50.8 Å². The molecule has 1 saturated carbocycles. The molecule has 154 valence electrons. The van der Waals surface area contributed by atoms with Gasteiger partial charge in [-0.15, -0.1) is 12.4 Å². The van der Waals surface area contributed by atoms with Crippen LogP contribution in [0, 0.1) is 6.92 Å². The maximum absolute atomic E-state index is 5.95. The Balaban J connectivity index is 0.00000205. The van der Waals surface area contributed by atoms with Crippen LogP contribution in [0.15, 0.2) is 36.5 Å². The molecule has 3 aromatic rings. The Morgan fingerprint density at radius 1 is 1.21 bits per heavy atom. The molecule has 5 rings (SSSR count). The normalized spacial score (nSPS) is 24.0. The highest BCUT2D eigenvalue weighted by atomic mass is 35.5. The van der Waals surface area contributed by atoms with E-state index in [4.69, 9.17) is 14.8 Å². The van der Waals surface area contributed by atoms with Gasteiger partial charge in [-0.3, -0.25) is 5.10 Å². The van der Waals surface area contributed by atoms with Crippen molar-refractivity contribution in [2.24, 2.45) is 0 Å². The van der Waals surface area contributed by atoms with Gasteiger partial charge in [0.1, 0.15) is 5.82 Å². The average Bonchev–Trinajstić information content (AvgIpc) is 3.34. The number of aromatic amines is 1. The van der Waals surface area contributed by atoms with Gasteiger partial charge in [-0.05, 0) is 31.7 Å². The van der Waals surface area contributed by atoms with Gasteiger partial charge in [0.05, 0.1) is 31.0 Å². The average molecular weight is 415 g/mol. The summed E-state index contributed by atoms with van der Waals surface area (Å²) in [6.07, 6.45) is 5.35. The predicted octanol–water partition coefficient (Wildman–Crippen LogP) is 3.07. The number of ether oxygens (including phenoxy) is 1. The molecular formula is C21H27ClN6O. The topological polar surface area (TPSA) is 80.6 Å². The molecular weight excluding hydrogens is 388 g/mol. The summed E-state index contributed by atoms with van der Waals surface area (Å²) < 4.78 is 8.04. The van der Waals surface area contributed by atoms with Gasteiger partial charge < -0.3 is 10.1 Å². The molecule has 8 heteroatoms. The molecule has 3 heterocycles. The molecule has 29 heavy (non-hydrogen) atoms. The maximum atomic E-state index is 5.95. The maximum Gasteiger partial charge on any atom is 0.184 e. The summed E-state index contributed by atoms with van der Waals surface area (Å²) in [6, 6.07) is 10.9. The highest BCUT2D eigenvalue weighted by Crippen LogP contribution is 2.35. The van der Waals surface area contributed by atoms with Crippen molar-refractivity contribution in [3.05, 3.63) is 53.6 Å². The first kappa shape index (κ1) is 20.1. The lowest BCUT2D eigenvalue weighted by atomic mass is 9.82. The van der Waals surface area contributed by atoms with Crippen molar-refractivity contribution >= 4 is 12.4 Å². The molecule has 1 aromatic carbocycles. The van der Waals surface area contributed by atoms with E-state index < -0.39 is 0 Å². The Labute approximate surface area is 176 Å². The number of morpholine rings is 1. The second-order valence-electron chi connectivity index (χ2n) is 7.83. The van der Waals surface area contributed by atoms with E-state index >= 15 is 0 Å². The van der Waals surface area contributed by atoms with E-state index in [-0.39, 0.29) is 12.4 Å². The van der Waals surface area contributed by atoms with E-state index in [2.05, 4.69) is 44.5 Å². The van der Waals surface area contributed by atoms with Gasteiger partial charge in [0.25, 0.3) is 0 Å². The number of aryl methyl sites for hydroxylation is 1. The lowest BCUT2D eigenvalue weighted by molar-refractivity contribution is -0.0282. The Kier molecular flexibility index (Phi) is 5.99. The molecule has 2 fully saturated rings. The van der Waals surface area contributed by atoms with Crippen molar-refractivity contribution in [3.63, 3.8) is 0 Å². The van der Waals surface area contributed by atoms with E-state index in [9.17, 15) is 0 Å². The molecule has 3 atom stereocenters. The van der Waals surface area contributed by atoms with Gasteiger partial charge in [0, 0.05) is 24.2 Å². The van der Waals surface area contributed by atoms with E-state index in [1.54, 1.807) is 0 Å². The van der Waals surface area contributed by atoms with Gasteiger partial charge in [0.15, 0.2) is 5.82 Å². The first-order chi connectivity index (χ1) is 13.8. The number of H-pyrrole nitrogens is 1. The van der Waals surface area contributed by atoms with E-state index in [0.717, 1.165) is 61.9 Å². The summed E-state index contributed by atoms with van der Waals surface area (Å²) in [4.78, 5) is 4.99. The SMILES string of the molecule is Cc1[nH]ncc1-c1nc([C@H]2CC[C@H]3OCCN[C@@H]3C2)n(Cc2ccccc2)n1.Cl. The third-order valence-corrected chi connectivity index (χ3v) is 5.94. The Morgan fingerprint density at radius 2 is 2.07 bits per heavy atom. The highest BCUT2D eigenvalue weighted by Gasteiger charge is 2.36. The number of benzene rings is 1. The number of aromatic nitrogens is 5. The van der Waals surface area contributed by atoms with Crippen LogP contribution in [0.2, 0.25) is 0 Å². The molecule has 2 aromatic heterocycles. The van der Waals surface area contributed by atoms with E-state index in [1.165, 1.54) is 5.56 Å². The third kappa shape index (κ3) is 4.08. The number of rotatable bonds is 4. The zero-order chi connectivity index (χ0) is 18.9. The summed E-state index contributed by atoms with van der Waals surface area (Å²) in [5, 5.41) is 15.7. The lowest BCUT2D eigenvalue weighted by Crippen LogP contribution is -2.51. The van der Waals surface area contributed by atoms with Crippen molar-refractivity contribution in [3.8, 4) is 11.4 Å². The number of nitrogens with zero attached hydrogens (tertiary/aromatic N) is 4. The van der Waals surface area contributed by atoms with Gasteiger partial charge in [-0.1, -0.05) is 30.3 Å². The zero-order valence-corrected chi connectivity index (χ0v) is 17.4. The van der Waals surface area contributed by atoms with Gasteiger partial charge in [0.2, 0.25) is 0 Å². The lowest BCUT2D eigenvalue weighted by Gasteiger charge is -2.39. The number of hydrogen-bond donors (Lipinski definition) is 2. The molecule has 1 saturated heterocycles. The minimum absolute atomic E-state index is 0. The van der Waals surface area contributed by atoms with Crippen molar-refractivity contribution in [1.29, 1.82) is 0 Å². The minimum atomic E-state index is 0. The monoisotopic (exact) mass is 414 g/mol. The van der Waals surface area contributed by atoms with Crippen LogP contribution < -0.4 is 5.32 Å². The van der Waals surface area contributed by atoms with Crippen molar-refractivity contribution < 1.29 is 4.74 Å². The first-order valence-electron chi connectivity index (χ1n) is 10.1. The van der Waals surface area contributed by atoms with Crippen LogP contribution in [-0.4, -0.2) is 50.3 Å². The van der Waals surface area contributed by atoms with Crippen molar-refractivity contribution in [1.82, 2.24) is 30.3 Å². The molecule has 0 amide bonds. The predicted molar refractivity (Wildman–Crippen MR) is 113 cm³/mol. The van der Waals surface area contributed by atoms with Gasteiger partial charge in [-0.25, -0.2) is 9.67 Å². The number of fused-ring (bicyclic) bond motifs is 1. The summed E-state index contributed by atoms with van der Waals surface area (Å²) in [7, 11) is 0. The number of hydrogen-bond acceptors (Lipinski definition) is 5. The Bertz CT molecular complexity index is 940. The van der Waals surface area contributed by atoms with Crippen LogP contribution in [-0.2, 0) is 11.3 Å². The number of halogens is 1. The van der Waals surface area contributed by atoms with Crippen LogP contribution >= 0.6 is 12.4 Å². The van der Waals surface area contributed by atoms with Crippen LogP contribution in [0.25, 0.3) is 11.4 Å². The summed E-state index contributed by atoms with van der Waals surface area (Å²) >= 11 is 0. The van der Waals surface area contributed by atoms with E-state index in [0.29, 0.717) is 18.1 Å². The second kappa shape index (κ2) is 8.65. The molecule has 0 radical (unpaired) electrons. The summed E-state index contributed by atoms with van der Waals surface area (Å²) in [5.41, 5.74) is 3.20. The Morgan fingerprint density at radius 3 is 2.86 bits per heavy atom. The van der Waals surface area contributed by atoms with Crippen LogP contribution in [0.1, 0.15) is 42.3 Å². The first-order valence-corrected chi connectivity index (χ1v) is 10.1. The molecule has 2 aliphatic rings. The summed E-state index contributed by atoms with van der Waals surface area (Å²) in [6.45, 7) is 4.49. The smallest absolute Gasteiger partial charge is 0.184 e. The van der Waals surface area contributed by atoms with Crippen LogP contribution in [0.4, 0.5) is 0 Å². The van der Waals surface area contributed by atoms with Crippen LogP contribution in [0.5, 0.6) is 0 Å². The second-order valence-corrected chi connectivity index (χ2v) is 7.83. The molecule has 2 N–H and O–H groups in total.